The third-order valence-electron chi connectivity index (χ3n) is 5.49. The lowest BCUT2D eigenvalue weighted by Crippen LogP contribution is -2.33. The molecule has 2 bridgehead atoms. The first-order chi connectivity index (χ1) is 13.9. The Morgan fingerprint density at radius 1 is 1.31 bits per heavy atom. The second-order valence-electron chi connectivity index (χ2n) is 7.50. The first-order valence-corrected chi connectivity index (χ1v) is 9.55. The fourth-order valence-corrected chi connectivity index (χ4v) is 3.97. The van der Waals surface area contributed by atoms with Gasteiger partial charge >= 0.3 is 0 Å². The molecule has 5 rings (SSSR count). The van der Waals surface area contributed by atoms with Crippen molar-refractivity contribution in [1.82, 2.24) is 14.5 Å². The van der Waals surface area contributed by atoms with E-state index in [1.807, 2.05) is 18.4 Å². The number of aromatic nitrogens is 3. The van der Waals surface area contributed by atoms with Crippen LogP contribution >= 0.6 is 0 Å². The van der Waals surface area contributed by atoms with Gasteiger partial charge in [0.15, 0.2) is 22.9 Å². The fraction of sp³-hybridized carbons (Fsp3) is 0.350. The van der Waals surface area contributed by atoms with Crippen LogP contribution in [0.2, 0.25) is 0 Å². The normalized spacial score (nSPS) is 23.2. The molecule has 0 spiro atoms. The molecule has 3 atom stereocenters. The summed E-state index contributed by atoms with van der Waals surface area (Å²) in [5.74, 6) is 0.0355. The van der Waals surface area contributed by atoms with E-state index in [0.717, 1.165) is 12.8 Å². The highest BCUT2D eigenvalue weighted by atomic mass is 19.1. The van der Waals surface area contributed by atoms with Gasteiger partial charge in [-0.05, 0) is 32.8 Å². The lowest BCUT2D eigenvalue weighted by atomic mass is 10.1. The summed E-state index contributed by atoms with van der Waals surface area (Å²) < 4.78 is 23.1. The summed E-state index contributed by atoms with van der Waals surface area (Å²) in [6.45, 7) is 3.99. The molecule has 0 saturated heterocycles. The van der Waals surface area contributed by atoms with E-state index in [2.05, 4.69) is 15.3 Å². The quantitative estimate of drug-likeness (QED) is 0.603. The molecule has 2 aliphatic heterocycles. The molecule has 0 aliphatic carbocycles. The summed E-state index contributed by atoms with van der Waals surface area (Å²) in [5.41, 5.74) is 0.491. The van der Waals surface area contributed by atoms with E-state index in [1.54, 1.807) is 18.5 Å². The van der Waals surface area contributed by atoms with Gasteiger partial charge in [0.2, 0.25) is 6.35 Å². The van der Waals surface area contributed by atoms with Crippen molar-refractivity contribution >= 4 is 28.4 Å². The highest BCUT2D eigenvalue weighted by Crippen LogP contribution is 2.45. The molecule has 1 unspecified atom stereocenters. The van der Waals surface area contributed by atoms with Crippen LogP contribution in [0.25, 0.3) is 11.0 Å². The zero-order valence-electron chi connectivity index (χ0n) is 16.0. The summed E-state index contributed by atoms with van der Waals surface area (Å²) in [6.07, 6.45) is 3.40. The molecule has 0 fully saturated rings. The number of hydrogen-bond donors (Lipinski definition) is 2. The SMILES string of the molecule is C[C@@H]1CC[C@H](C)n2ccc(=O)c3cc(F)c(nc32)N2c3c(ccnc3NC2O)O1. The highest BCUT2D eigenvalue weighted by Gasteiger charge is 2.36. The lowest BCUT2D eigenvalue weighted by Gasteiger charge is -2.27. The Balaban J connectivity index is 1.84. The Kier molecular flexibility index (Phi) is 3.95. The van der Waals surface area contributed by atoms with Crippen molar-refractivity contribution in [1.29, 1.82) is 0 Å². The van der Waals surface area contributed by atoms with Crippen LogP contribution in [-0.2, 0) is 0 Å². The van der Waals surface area contributed by atoms with Gasteiger partial charge < -0.3 is 19.7 Å². The molecule has 0 aromatic carbocycles. The zero-order chi connectivity index (χ0) is 20.3. The number of pyridine rings is 3. The van der Waals surface area contributed by atoms with Gasteiger partial charge in [-0.2, -0.15) is 0 Å². The molecule has 150 valence electrons. The van der Waals surface area contributed by atoms with Gasteiger partial charge in [-0.15, -0.1) is 0 Å². The van der Waals surface area contributed by atoms with E-state index in [0.29, 0.717) is 22.9 Å². The maximum atomic E-state index is 15.1. The molecule has 2 aliphatic rings. The molecule has 8 nitrogen and oxygen atoms in total. The predicted molar refractivity (Wildman–Crippen MR) is 106 cm³/mol. The van der Waals surface area contributed by atoms with E-state index in [9.17, 15) is 9.90 Å². The summed E-state index contributed by atoms with van der Waals surface area (Å²) in [5, 5.41) is 13.6. The van der Waals surface area contributed by atoms with E-state index in [-0.39, 0.29) is 28.8 Å². The van der Waals surface area contributed by atoms with Crippen molar-refractivity contribution in [3.63, 3.8) is 0 Å². The minimum atomic E-state index is -1.28. The van der Waals surface area contributed by atoms with Gasteiger partial charge in [-0.25, -0.2) is 14.4 Å². The van der Waals surface area contributed by atoms with Crippen molar-refractivity contribution in [2.24, 2.45) is 0 Å². The number of aliphatic hydroxyl groups is 1. The third kappa shape index (κ3) is 2.72. The fourth-order valence-electron chi connectivity index (χ4n) is 3.97. The molecule has 3 aromatic heterocycles. The van der Waals surface area contributed by atoms with Crippen LogP contribution in [0.5, 0.6) is 5.75 Å². The molecule has 3 aromatic rings. The Bertz CT molecular complexity index is 1180. The molecule has 0 radical (unpaired) electrons. The van der Waals surface area contributed by atoms with Gasteiger partial charge in [0.25, 0.3) is 0 Å². The zero-order valence-corrected chi connectivity index (χ0v) is 16.0. The Hall–Kier alpha value is -3.20. The van der Waals surface area contributed by atoms with E-state index >= 15 is 4.39 Å². The Morgan fingerprint density at radius 3 is 2.97 bits per heavy atom. The van der Waals surface area contributed by atoms with Crippen LogP contribution in [0.15, 0.2) is 35.4 Å². The number of fused-ring (bicyclic) bond motifs is 2. The van der Waals surface area contributed by atoms with Gasteiger partial charge in [-0.1, -0.05) is 0 Å². The van der Waals surface area contributed by atoms with Gasteiger partial charge in [0, 0.05) is 30.6 Å². The van der Waals surface area contributed by atoms with Crippen LogP contribution in [0, 0.1) is 5.82 Å². The van der Waals surface area contributed by atoms with Gasteiger partial charge in [0.05, 0.1) is 11.5 Å². The molecule has 29 heavy (non-hydrogen) atoms. The summed E-state index contributed by atoms with van der Waals surface area (Å²) >= 11 is 0. The second kappa shape index (κ2) is 6.41. The molecule has 0 saturated carbocycles. The van der Waals surface area contributed by atoms with E-state index in [1.165, 1.54) is 17.0 Å². The highest BCUT2D eigenvalue weighted by molar-refractivity contribution is 5.86. The minimum Gasteiger partial charge on any atom is -0.488 e. The average molecular weight is 397 g/mol. The number of ether oxygens (including phenoxy) is 1. The summed E-state index contributed by atoms with van der Waals surface area (Å²) in [4.78, 5) is 22.4. The van der Waals surface area contributed by atoms with Crippen molar-refractivity contribution in [3.8, 4) is 5.75 Å². The molecule has 2 N–H and O–H groups in total. The third-order valence-corrected chi connectivity index (χ3v) is 5.49. The largest absolute Gasteiger partial charge is 0.488 e. The maximum absolute atomic E-state index is 15.1. The number of hydrogen-bond acceptors (Lipinski definition) is 7. The summed E-state index contributed by atoms with van der Waals surface area (Å²) in [6, 6.07) is 4.31. The standard InChI is InChI=1S/C20H20FN5O3/c1-10-3-4-11(2)29-15-5-7-22-17-16(15)26(20(28)23-17)19-13(21)9-12-14(27)6-8-25(10)18(12)24-19/h5-11,20,28H,3-4H2,1-2H3,(H,22,23)/t10-,11+,20?/m0/s1. The molecule has 0 amide bonds. The summed E-state index contributed by atoms with van der Waals surface area (Å²) in [7, 11) is 0. The van der Waals surface area contributed by atoms with Crippen molar-refractivity contribution < 1.29 is 14.2 Å². The second-order valence-corrected chi connectivity index (χ2v) is 7.50. The number of aliphatic hydroxyl groups excluding tert-OH is 1. The first-order valence-electron chi connectivity index (χ1n) is 9.55. The number of nitrogens with one attached hydrogen (secondary N) is 1. The topological polar surface area (TPSA) is 92.5 Å². The van der Waals surface area contributed by atoms with Crippen LogP contribution in [0.3, 0.4) is 0 Å². The molecular weight excluding hydrogens is 377 g/mol. The molecule has 5 heterocycles. The first kappa shape index (κ1) is 17.9. The van der Waals surface area contributed by atoms with E-state index < -0.39 is 12.2 Å². The predicted octanol–water partition coefficient (Wildman–Crippen LogP) is 2.89. The number of halogens is 1. The lowest BCUT2D eigenvalue weighted by molar-refractivity contribution is 0.196. The van der Waals surface area contributed by atoms with Crippen LogP contribution in [0.1, 0.15) is 32.7 Å². The molecular formula is C20H20FN5O3. The smallest absolute Gasteiger partial charge is 0.212 e. The number of rotatable bonds is 0. The van der Waals surface area contributed by atoms with Crippen LogP contribution in [-0.4, -0.2) is 32.1 Å². The van der Waals surface area contributed by atoms with Crippen molar-refractivity contribution in [2.45, 2.75) is 45.2 Å². The Morgan fingerprint density at radius 2 is 2.14 bits per heavy atom. The van der Waals surface area contributed by atoms with Crippen molar-refractivity contribution in [2.75, 3.05) is 10.2 Å². The monoisotopic (exact) mass is 397 g/mol. The number of anilines is 3. The van der Waals surface area contributed by atoms with Gasteiger partial charge in [-0.3, -0.25) is 9.69 Å². The minimum absolute atomic E-state index is 0.0171. The van der Waals surface area contributed by atoms with Crippen LogP contribution < -0.4 is 20.4 Å². The van der Waals surface area contributed by atoms with Crippen molar-refractivity contribution in [3.05, 3.63) is 46.6 Å². The van der Waals surface area contributed by atoms with E-state index in [4.69, 9.17) is 4.74 Å². The molecule has 9 heteroatoms. The average Bonchev–Trinajstić information content (AvgIpc) is 3.02. The van der Waals surface area contributed by atoms with Gasteiger partial charge in [0.1, 0.15) is 17.1 Å². The number of nitrogens with zero attached hydrogens (tertiary/aromatic N) is 4. The Labute approximate surface area is 165 Å². The van der Waals surface area contributed by atoms with Crippen LogP contribution in [0.4, 0.5) is 21.7 Å². The maximum Gasteiger partial charge on any atom is 0.212 e.